The van der Waals surface area contributed by atoms with Crippen molar-refractivity contribution in [2.45, 2.75) is 6.92 Å². The summed E-state index contributed by atoms with van der Waals surface area (Å²) in [6.07, 6.45) is 2.95. The molecule has 2 aromatic carbocycles. The van der Waals surface area contributed by atoms with Crippen molar-refractivity contribution in [2.24, 2.45) is 0 Å². The second-order valence-electron chi connectivity index (χ2n) is 5.56. The van der Waals surface area contributed by atoms with E-state index in [4.69, 9.17) is 9.47 Å². The van der Waals surface area contributed by atoms with Crippen LogP contribution in [0.2, 0.25) is 0 Å². The molecule has 3 aromatic rings. The summed E-state index contributed by atoms with van der Waals surface area (Å²) in [5, 5.41) is 5.87. The van der Waals surface area contributed by atoms with Crippen molar-refractivity contribution in [3.63, 3.8) is 0 Å². The summed E-state index contributed by atoms with van der Waals surface area (Å²) < 4.78 is 10.5. The Labute approximate surface area is 157 Å². The topological polar surface area (TPSA) is 85.4 Å². The number of nitrogens with one attached hydrogen (secondary N) is 2. The number of carbonyl (C=O) groups is 1. The monoisotopic (exact) mass is 364 g/mol. The lowest BCUT2D eigenvalue weighted by atomic mass is 10.2. The molecule has 0 saturated heterocycles. The first-order valence-electron chi connectivity index (χ1n) is 8.45. The molecule has 0 aliphatic carbocycles. The van der Waals surface area contributed by atoms with E-state index in [1.807, 2.05) is 31.2 Å². The van der Waals surface area contributed by atoms with E-state index in [-0.39, 0.29) is 5.91 Å². The lowest BCUT2D eigenvalue weighted by Gasteiger charge is -2.08. The summed E-state index contributed by atoms with van der Waals surface area (Å²) in [5.74, 6) is 1.64. The summed E-state index contributed by atoms with van der Waals surface area (Å²) in [4.78, 5) is 20.7. The first-order valence-corrected chi connectivity index (χ1v) is 8.45. The number of hydrogen-bond donors (Lipinski definition) is 2. The van der Waals surface area contributed by atoms with E-state index in [9.17, 15) is 4.79 Å². The predicted octanol–water partition coefficient (Wildman–Crippen LogP) is 3.88. The molecule has 27 heavy (non-hydrogen) atoms. The Morgan fingerprint density at radius 3 is 2.11 bits per heavy atom. The lowest BCUT2D eigenvalue weighted by Crippen LogP contribution is -2.13. The molecule has 0 saturated carbocycles. The molecule has 1 heterocycles. The van der Waals surface area contributed by atoms with Crippen molar-refractivity contribution >= 4 is 23.2 Å². The van der Waals surface area contributed by atoms with E-state index in [0.717, 1.165) is 17.2 Å². The molecule has 7 nitrogen and oxygen atoms in total. The molecule has 2 N–H and O–H groups in total. The Balaban J connectivity index is 1.61. The molecule has 1 aromatic heterocycles. The van der Waals surface area contributed by atoms with E-state index < -0.39 is 0 Å². The van der Waals surface area contributed by atoms with Gasteiger partial charge in [-0.1, -0.05) is 0 Å². The molecule has 0 spiro atoms. The number of ether oxygens (including phenoxy) is 2. The van der Waals surface area contributed by atoms with Gasteiger partial charge in [-0.15, -0.1) is 0 Å². The van der Waals surface area contributed by atoms with Crippen LogP contribution in [-0.2, 0) is 0 Å². The van der Waals surface area contributed by atoms with Crippen molar-refractivity contribution in [2.75, 3.05) is 24.4 Å². The quantitative estimate of drug-likeness (QED) is 0.662. The molecule has 0 aliphatic rings. The van der Waals surface area contributed by atoms with Crippen LogP contribution in [-0.4, -0.2) is 29.6 Å². The Hall–Kier alpha value is -3.61. The van der Waals surface area contributed by atoms with Gasteiger partial charge in [-0.2, -0.15) is 0 Å². The molecule has 7 heteroatoms. The first kappa shape index (κ1) is 18.2. The normalized spacial score (nSPS) is 10.1. The molecule has 0 atom stereocenters. The van der Waals surface area contributed by atoms with Crippen LogP contribution in [0.25, 0.3) is 0 Å². The van der Waals surface area contributed by atoms with Gasteiger partial charge >= 0.3 is 0 Å². The Morgan fingerprint density at radius 1 is 0.926 bits per heavy atom. The van der Waals surface area contributed by atoms with Crippen molar-refractivity contribution < 1.29 is 14.3 Å². The highest BCUT2D eigenvalue weighted by molar-refractivity contribution is 6.03. The maximum atomic E-state index is 12.3. The zero-order valence-electron chi connectivity index (χ0n) is 15.1. The highest BCUT2D eigenvalue weighted by Gasteiger charge is 2.08. The number of aromatic nitrogens is 2. The van der Waals surface area contributed by atoms with Crippen LogP contribution < -0.4 is 20.1 Å². The zero-order chi connectivity index (χ0) is 19.1. The maximum Gasteiger partial charge on any atom is 0.258 e. The average Bonchev–Trinajstić information content (AvgIpc) is 2.71. The number of anilines is 3. The highest BCUT2D eigenvalue weighted by Crippen LogP contribution is 2.19. The molecule has 0 unspecified atom stereocenters. The van der Waals surface area contributed by atoms with Crippen molar-refractivity contribution in [3.05, 3.63) is 66.5 Å². The van der Waals surface area contributed by atoms with E-state index in [1.165, 1.54) is 12.4 Å². The average molecular weight is 364 g/mol. The summed E-state index contributed by atoms with van der Waals surface area (Å²) >= 11 is 0. The summed E-state index contributed by atoms with van der Waals surface area (Å²) in [5.41, 5.74) is 1.86. The Kier molecular flexibility index (Phi) is 5.84. The van der Waals surface area contributed by atoms with Crippen molar-refractivity contribution in [3.8, 4) is 11.5 Å². The molecule has 138 valence electrons. The van der Waals surface area contributed by atoms with Gasteiger partial charge in [-0.3, -0.25) is 4.79 Å². The lowest BCUT2D eigenvalue weighted by molar-refractivity contribution is 0.102. The fraction of sp³-hybridized carbons (Fsp3) is 0.150. The van der Waals surface area contributed by atoms with Gasteiger partial charge in [-0.25, -0.2) is 9.97 Å². The van der Waals surface area contributed by atoms with Gasteiger partial charge < -0.3 is 20.1 Å². The van der Waals surface area contributed by atoms with Crippen LogP contribution >= 0.6 is 0 Å². The van der Waals surface area contributed by atoms with Crippen LogP contribution in [0.3, 0.4) is 0 Å². The molecule has 1 amide bonds. The van der Waals surface area contributed by atoms with E-state index in [0.29, 0.717) is 23.8 Å². The van der Waals surface area contributed by atoms with E-state index in [2.05, 4.69) is 20.6 Å². The van der Waals surface area contributed by atoms with E-state index >= 15 is 0 Å². The minimum Gasteiger partial charge on any atom is -0.497 e. The number of benzene rings is 2. The van der Waals surface area contributed by atoms with Gasteiger partial charge in [0.2, 0.25) is 5.95 Å². The molecule has 3 rings (SSSR count). The van der Waals surface area contributed by atoms with Gasteiger partial charge in [0.05, 0.1) is 19.3 Å². The number of nitrogens with zero attached hydrogens (tertiary/aromatic N) is 2. The van der Waals surface area contributed by atoms with Gasteiger partial charge in [0.15, 0.2) is 0 Å². The Bertz CT molecular complexity index is 879. The van der Waals surface area contributed by atoms with E-state index in [1.54, 1.807) is 31.4 Å². The molecule has 0 bridgehead atoms. The van der Waals surface area contributed by atoms with Gasteiger partial charge in [-0.05, 0) is 55.5 Å². The zero-order valence-corrected chi connectivity index (χ0v) is 15.1. The minimum atomic E-state index is -0.284. The standard InChI is InChI=1S/C20H20N4O3/c1-3-27-18-10-6-16(7-11-18)24-20-21-12-14(13-22-20)19(25)23-15-4-8-17(26-2)9-5-15/h4-13H,3H2,1-2H3,(H,23,25)(H,21,22,24). The number of hydrogen-bond acceptors (Lipinski definition) is 6. The second-order valence-corrected chi connectivity index (χ2v) is 5.56. The SMILES string of the molecule is CCOc1ccc(Nc2ncc(C(=O)Nc3ccc(OC)cc3)cn2)cc1. The van der Waals surface area contributed by atoms with Crippen molar-refractivity contribution in [1.82, 2.24) is 9.97 Å². The van der Waals surface area contributed by atoms with Gasteiger partial charge in [0.1, 0.15) is 11.5 Å². The molecular formula is C20H20N4O3. The third-order valence-corrected chi connectivity index (χ3v) is 3.68. The third kappa shape index (κ3) is 4.94. The molecule has 0 aliphatic heterocycles. The fourth-order valence-corrected chi connectivity index (χ4v) is 2.32. The number of rotatable bonds is 7. The Morgan fingerprint density at radius 2 is 1.52 bits per heavy atom. The molecule has 0 fully saturated rings. The summed E-state index contributed by atoms with van der Waals surface area (Å²) in [6.45, 7) is 2.56. The van der Waals surface area contributed by atoms with Crippen LogP contribution in [0.4, 0.5) is 17.3 Å². The van der Waals surface area contributed by atoms with Crippen LogP contribution in [0.5, 0.6) is 11.5 Å². The fourth-order valence-electron chi connectivity index (χ4n) is 2.32. The molecule has 0 radical (unpaired) electrons. The van der Waals surface area contributed by atoms with Crippen LogP contribution in [0, 0.1) is 0 Å². The largest absolute Gasteiger partial charge is 0.497 e. The predicted molar refractivity (Wildman–Crippen MR) is 104 cm³/mol. The van der Waals surface area contributed by atoms with Gasteiger partial charge in [0.25, 0.3) is 5.91 Å². The second kappa shape index (κ2) is 8.66. The molecular weight excluding hydrogens is 344 g/mol. The minimum absolute atomic E-state index is 0.284. The maximum absolute atomic E-state index is 12.3. The van der Waals surface area contributed by atoms with Crippen LogP contribution in [0.15, 0.2) is 60.9 Å². The number of amides is 1. The smallest absolute Gasteiger partial charge is 0.258 e. The van der Waals surface area contributed by atoms with Crippen molar-refractivity contribution in [1.29, 1.82) is 0 Å². The highest BCUT2D eigenvalue weighted by atomic mass is 16.5. The summed E-state index contributed by atoms with van der Waals surface area (Å²) in [7, 11) is 1.59. The number of carbonyl (C=O) groups excluding carboxylic acids is 1. The third-order valence-electron chi connectivity index (χ3n) is 3.68. The summed E-state index contributed by atoms with van der Waals surface area (Å²) in [6, 6.07) is 14.5. The number of methoxy groups -OCH3 is 1. The first-order chi connectivity index (χ1) is 13.2. The van der Waals surface area contributed by atoms with Gasteiger partial charge in [0, 0.05) is 23.8 Å². The van der Waals surface area contributed by atoms with Crippen LogP contribution in [0.1, 0.15) is 17.3 Å².